The highest BCUT2D eigenvalue weighted by atomic mass is 32.2. The summed E-state index contributed by atoms with van der Waals surface area (Å²) in [7, 11) is -4.23. The van der Waals surface area contributed by atoms with Crippen molar-refractivity contribution >= 4 is 16.0 Å². The first-order chi connectivity index (χ1) is 11.4. The second-order valence-corrected chi connectivity index (χ2v) is 8.05. The molecule has 25 heavy (non-hydrogen) atoms. The van der Waals surface area contributed by atoms with Gasteiger partial charge in [0.25, 0.3) is 0 Å². The number of rotatable bonds is 5. The maximum Gasteiger partial charge on any atom is 0.406 e. The highest BCUT2D eigenvalue weighted by Crippen LogP contribution is 2.46. The molecule has 0 aromatic heterocycles. The van der Waals surface area contributed by atoms with Crippen molar-refractivity contribution in [3.63, 3.8) is 0 Å². The molecular formula is C15H18F3NO5S. The average molecular weight is 381 g/mol. The molecule has 6 nitrogen and oxygen atoms in total. The molecule has 140 valence electrons. The lowest BCUT2D eigenvalue weighted by Gasteiger charge is -2.27. The summed E-state index contributed by atoms with van der Waals surface area (Å²) in [6.45, 7) is 1.92. The summed E-state index contributed by atoms with van der Waals surface area (Å²) >= 11 is 0. The van der Waals surface area contributed by atoms with E-state index in [1.807, 2.05) is 0 Å². The molecule has 1 N–H and O–H groups in total. The van der Waals surface area contributed by atoms with Gasteiger partial charge >= 0.3 is 12.1 Å². The Bertz CT molecular complexity index is 745. The van der Waals surface area contributed by atoms with Crippen LogP contribution in [0.4, 0.5) is 13.2 Å². The van der Waals surface area contributed by atoms with Crippen molar-refractivity contribution in [1.29, 1.82) is 0 Å². The normalized spacial score (nSPS) is 22.3. The highest BCUT2D eigenvalue weighted by molar-refractivity contribution is 7.89. The van der Waals surface area contributed by atoms with Crippen LogP contribution in [0.2, 0.25) is 0 Å². The van der Waals surface area contributed by atoms with Crippen LogP contribution >= 0.6 is 0 Å². The molecule has 0 aliphatic carbocycles. The molecule has 0 saturated carbocycles. The molecule has 10 heteroatoms. The van der Waals surface area contributed by atoms with Gasteiger partial charge in [-0.1, -0.05) is 0 Å². The van der Waals surface area contributed by atoms with Crippen LogP contribution < -0.4 is 4.74 Å². The Kier molecular flexibility index (Phi) is 5.06. The SMILES string of the molecule is CC(C)Oc1ccc(S(=O)(=O)N2CCC(C(=O)O)(C(F)(F)F)C2)cc1. The van der Waals surface area contributed by atoms with Gasteiger partial charge in [0.2, 0.25) is 10.0 Å². The molecule has 1 aromatic carbocycles. The maximum atomic E-state index is 13.2. The van der Waals surface area contributed by atoms with Crippen molar-refractivity contribution in [3.8, 4) is 5.75 Å². The number of benzene rings is 1. The van der Waals surface area contributed by atoms with E-state index in [9.17, 15) is 26.4 Å². The topological polar surface area (TPSA) is 83.9 Å². The van der Waals surface area contributed by atoms with Crippen molar-refractivity contribution < 1.29 is 36.2 Å². The molecule has 0 bridgehead atoms. The minimum Gasteiger partial charge on any atom is -0.491 e. The third-order valence-corrected chi connectivity index (χ3v) is 5.88. The summed E-state index contributed by atoms with van der Waals surface area (Å²) in [6, 6.07) is 5.25. The number of ether oxygens (including phenoxy) is 1. The summed E-state index contributed by atoms with van der Waals surface area (Å²) in [4.78, 5) is 11.0. The van der Waals surface area contributed by atoms with Gasteiger partial charge in [-0.2, -0.15) is 17.5 Å². The molecule has 1 atom stereocenters. The lowest BCUT2D eigenvalue weighted by molar-refractivity contribution is -0.226. The van der Waals surface area contributed by atoms with Gasteiger partial charge in [-0.15, -0.1) is 0 Å². The van der Waals surface area contributed by atoms with Crippen LogP contribution in [0.5, 0.6) is 5.75 Å². The van der Waals surface area contributed by atoms with Gasteiger partial charge in [0, 0.05) is 13.1 Å². The zero-order valence-corrected chi connectivity index (χ0v) is 14.4. The van der Waals surface area contributed by atoms with Gasteiger partial charge in [-0.3, -0.25) is 4.79 Å². The predicted octanol–water partition coefficient (Wildman–Crippen LogP) is 2.50. The predicted molar refractivity (Wildman–Crippen MR) is 81.7 cm³/mol. The van der Waals surface area contributed by atoms with Crippen LogP contribution in [0, 0.1) is 5.41 Å². The molecule has 0 amide bonds. The Morgan fingerprint density at radius 1 is 1.28 bits per heavy atom. The fourth-order valence-corrected chi connectivity index (χ4v) is 4.12. The number of carbonyl (C=O) groups is 1. The Labute approximate surface area is 143 Å². The number of sulfonamides is 1. The Hall–Kier alpha value is -1.81. The van der Waals surface area contributed by atoms with Gasteiger partial charge in [0.05, 0.1) is 11.0 Å². The Morgan fingerprint density at radius 3 is 2.24 bits per heavy atom. The van der Waals surface area contributed by atoms with E-state index >= 15 is 0 Å². The van der Waals surface area contributed by atoms with E-state index in [4.69, 9.17) is 9.84 Å². The van der Waals surface area contributed by atoms with E-state index in [1.165, 1.54) is 24.3 Å². The molecule has 1 saturated heterocycles. The van der Waals surface area contributed by atoms with E-state index in [1.54, 1.807) is 13.8 Å². The maximum absolute atomic E-state index is 13.2. The van der Waals surface area contributed by atoms with Crippen LogP contribution in [0.3, 0.4) is 0 Å². The third-order valence-electron chi connectivity index (χ3n) is 4.02. The summed E-state index contributed by atoms with van der Waals surface area (Å²) < 4.78 is 70.6. The number of halogens is 3. The van der Waals surface area contributed by atoms with Gasteiger partial charge in [0.15, 0.2) is 5.41 Å². The van der Waals surface area contributed by atoms with Crippen molar-refractivity contribution in [2.75, 3.05) is 13.1 Å². The summed E-state index contributed by atoms with van der Waals surface area (Å²) in [5.74, 6) is -1.65. The number of nitrogens with zero attached hydrogens (tertiary/aromatic N) is 1. The van der Waals surface area contributed by atoms with E-state index in [0.29, 0.717) is 10.1 Å². The molecule has 1 aromatic rings. The van der Waals surface area contributed by atoms with Crippen LogP contribution in [0.1, 0.15) is 20.3 Å². The van der Waals surface area contributed by atoms with Crippen LogP contribution in [0.25, 0.3) is 0 Å². The molecule has 0 radical (unpaired) electrons. The van der Waals surface area contributed by atoms with E-state index in [-0.39, 0.29) is 11.0 Å². The fourth-order valence-electron chi connectivity index (χ4n) is 2.62. The van der Waals surface area contributed by atoms with E-state index in [0.717, 1.165) is 0 Å². The van der Waals surface area contributed by atoms with Crippen molar-refractivity contribution in [3.05, 3.63) is 24.3 Å². The molecule has 1 aliphatic rings. The lowest BCUT2D eigenvalue weighted by Crippen LogP contribution is -2.47. The Morgan fingerprint density at radius 2 is 1.84 bits per heavy atom. The minimum atomic E-state index is -5.04. The van der Waals surface area contributed by atoms with Crippen molar-refractivity contribution in [2.24, 2.45) is 5.41 Å². The highest BCUT2D eigenvalue weighted by Gasteiger charge is 2.65. The molecule has 1 fully saturated rings. The molecule has 1 aliphatic heterocycles. The molecule has 1 unspecified atom stereocenters. The number of aliphatic carboxylic acids is 1. The van der Waals surface area contributed by atoms with E-state index < -0.39 is 47.1 Å². The Balaban J connectivity index is 2.28. The van der Waals surface area contributed by atoms with Crippen molar-refractivity contribution in [1.82, 2.24) is 4.31 Å². The summed E-state index contributed by atoms with van der Waals surface area (Å²) in [6.07, 6.45) is -5.98. The zero-order valence-electron chi connectivity index (χ0n) is 13.6. The first-order valence-corrected chi connectivity index (χ1v) is 8.91. The number of carboxylic acid groups (broad SMARTS) is 1. The van der Waals surface area contributed by atoms with Crippen LogP contribution in [-0.4, -0.2) is 49.2 Å². The second-order valence-electron chi connectivity index (χ2n) is 6.11. The van der Waals surface area contributed by atoms with Gasteiger partial charge in [-0.25, -0.2) is 8.42 Å². The lowest BCUT2D eigenvalue weighted by atomic mass is 9.86. The quantitative estimate of drug-likeness (QED) is 0.847. The number of carboxylic acids is 1. The largest absolute Gasteiger partial charge is 0.491 e. The molecular weight excluding hydrogens is 363 g/mol. The molecule has 1 heterocycles. The average Bonchev–Trinajstić information content (AvgIpc) is 2.94. The zero-order chi connectivity index (χ0) is 19.0. The first-order valence-electron chi connectivity index (χ1n) is 7.47. The minimum absolute atomic E-state index is 0.121. The van der Waals surface area contributed by atoms with Crippen LogP contribution in [-0.2, 0) is 14.8 Å². The second kappa shape index (κ2) is 6.49. The summed E-state index contributed by atoms with van der Waals surface area (Å²) in [5, 5.41) is 9.02. The van der Waals surface area contributed by atoms with Gasteiger partial charge in [-0.05, 0) is 44.5 Å². The molecule has 0 spiro atoms. The number of hydrogen-bond acceptors (Lipinski definition) is 4. The van der Waals surface area contributed by atoms with Crippen molar-refractivity contribution in [2.45, 2.75) is 37.4 Å². The molecule has 2 rings (SSSR count). The number of alkyl halides is 3. The fraction of sp³-hybridized carbons (Fsp3) is 0.533. The first kappa shape index (κ1) is 19.5. The standard InChI is InChI=1S/C15H18F3NO5S/c1-10(2)24-11-3-5-12(6-4-11)25(22,23)19-8-7-14(9-19,13(20)21)15(16,17)18/h3-6,10H,7-9H2,1-2H3,(H,20,21). The summed E-state index contributed by atoms with van der Waals surface area (Å²) in [5.41, 5.74) is -3.08. The van der Waals surface area contributed by atoms with Gasteiger partial charge < -0.3 is 9.84 Å². The smallest absolute Gasteiger partial charge is 0.406 e. The number of hydrogen-bond donors (Lipinski definition) is 1. The van der Waals surface area contributed by atoms with E-state index in [2.05, 4.69) is 0 Å². The van der Waals surface area contributed by atoms with Gasteiger partial charge in [0.1, 0.15) is 5.75 Å². The third kappa shape index (κ3) is 3.59. The monoisotopic (exact) mass is 381 g/mol. The van der Waals surface area contributed by atoms with Crippen LogP contribution in [0.15, 0.2) is 29.2 Å².